The molecule has 22 heavy (non-hydrogen) atoms. The van der Waals surface area contributed by atoms with Gasteiger partial charge in [-0.15, -0.1) is 11.8 Å². The van der Waals surface area contributed by atoms with Crippen molar-refractivity contribution in [3.63, 3.8) is 0 Å². The van der Waals surface area contributed by atoms with Gasteiger partial charge < -0.3 is 10.2 Å². The molecular formula is C17H27N3OS. The summed E-state index contributed by atoms with van der Waals surface area (Å²) in [5, 5.41) is 3.87. The zero-order chi connectivity index (χ0) is 16.2. The van der Waals surface area contributed by atoms with E-state index >= 15 is 0 Å². The van der Waals surface area contributed by atoms with Gasteiger partial charge in [-0.1, -0.05) is 20.8 Å². The second-order valence-corrected chi connectivity index (χ2v) is 8.02. The van der Waals surface area contributed by atoms with Crippen LogP contribution in [0.2, 0.25) is 0 Å². The van der Waals surface area contributed by atoms with Crippen LogP contribution in [0.1, 0.15) is 37.6 Å². The highest BCUT2D eigenvalue weighted by atomic mass is 32.2. The van der Waals surface area contributed by atoms with E-state index in [2.05, 4.69) is 36.0 Å². The molecule has 4 nitrogen and oxygen atoms in total. The Bertz CT molecular complexity index is 513. The van der Waals surface area contributed by atoms with Crippen LogP contribution < -0.4 is 5.32 Å². The highest BCUT2D eigenvalue weighted by molar-refractivity contribution is 7.98. The van der Waals surface area contributed by atoms with E-state index in [-0.39, 0.29) is 5.91 Å². The van der Waals surface area contributed by atoms with Crippen molar-refractivity contribution in [3.05, 3.63) is 23.9 Å². The van der Waals surface area contributed by atoms with Crippen molar-refractivity contribution in [1.82, 2.24) is 15.2 Å². The third-order valence-corrected chi connectivity index (χ3v) is 4.54. The molecular weight excluding hydrogens is 294 g/mol. The normalized spacial score (nSPS) is 19.4. The highest BCUT2D eigenvalue weighted by Crippen LogP contribution is 2.22. The minimum Gasteiger partial charge on any atom is -0.352 e. The van der Waals surface area contributed by atoms with E-state index in [0.29, 0.717) is 16.9 Å². The van der Waals surface area contributed by atoms with Crippen molar-refractivity contribution in [2.24, 2.45) is 11.3 Å². The summed E-state index contributed by atoms with van der Waals surface area (Å²) in [6, 6.07) is 3.66. The summed E-state index contributed by atoms with van der Waals surface area (Å²) in [7, 11) is 0. The molecule has 0 radical (unpaired) electrons. The molecule has 1 N–H and O–H groups in total. The van der Waals surface area contributed by atoms with Gasteiger partial charge in [0.25, 0.3) is 5.91 Å². The number of carbonyl (C=O) groups is 1. The topological polar surface area (TPSA) is 45.2 Å². The first-order valence-electron chi connectivity index (χ1n) is 7.88. The molecule has 0 saturated carbocycles. The fourth-order valence-corrected chi connectivity index (χ4v) is 3.50. The van der Waals surface area contributed by atoms with Gasteiger partial charge in [-0.25, -0.2) is 4.98 Å². The third-order valence-electron chi connectivity index (χ3n) is 3.83. The lowest BCUT2D eigenvalue weighted by Crippen LogP contribution is -2.34. The smallest absolute Gasteiger partial charge is 0.254 e. The number of carbonyl (C=O) groups excluding carboxylic acids is 1. The van der Waals surface area contributed by atoms with E-state index in [1.165, 1.54) is 18.2 Å². The summed E-state index contributed by atoms with van der Waals surface area (Å²) in [5.41, 5.74) is 1.01. The summed E-state index contributed by atoms with van der Waals surface area (Å²) in [6.07, 6.45) is 4.84. The average Bonchev–Trinajstić information content (AvgIpc) is 2.90. The van der Waals surface area contributed by atoms with Crippen molar-refractivity contribution in [2.45, 2.75) is 32.2 Å². The molecule has 0 aromatic carbocycles. The first kappa shape index (κ1) is 17.3. The van der Waals surface area contributed by atoms with E-state index in [1.807, 2.05) is 18.4 Å². The molecule has 1 aliphatic rings. The van der Waals surface area contributed by atoms with Crippen LogP contribution in [0.3, 0.4) is 0 Å². The molecule has 1 saturated heterocycles. The quantitative estimate of drug-likeness (QED) is 0.847. The van der Waals surface area contributed by atoms with Gasteiger partial charge in [0, 0.05) is 25.8 Å². The predicted octanol–water partition coefficient (Wildman–Crippen LogP) is 2.90. The van der Waals surface area contributed by atoms with E-state index in [9.17, 15) is 4.79 Å². The van der Waals surface area contributed by atoms with Gasteiger partial charge in [-0.05, 0) is 42.7 Å². The van der Waals surface area contributed by atoms with Crippen LogP contribution in [0.25, 0.3) is 0 Å². The Morgan fingerprint density at radius 1 is 1.50 bits per heavy atom. The minimum absolute atomic E-state index is 0.00767. The Morgan fingerprint density at radius 2 is 2.27 bits per heavy atom. The highest BCUT2D eigenvalue weighted by Gasteiger charge is 2.26. The largest absolute Gasteiger partial charge is 0.352 e. The van der Waals surface area contributed by atoms with E-state index < -0.39 is 0 Å². The van der Waals surface area contributed by atoms with Crippen LogP contribution in [0.15, 0.2) is 23.4 Å². The Hall–Kier alpha value is -1.07. The Kier molecular flexibility index (Phi) is 5.87. The van der Waals surface area contributed by atoms with Crippen LogP contribution in [0, 0.1) is 11.3 Å². The summed E-state index contributed by atoms with van der Waals surface area (Å²) in [5.74, 6) is 0.549. The fourth-order valence-electron chi connectivity index (χ4n) is 2.95. The van der Waals surface area contributed by atoms with Crippen molar-refractivity contribution >= 4 is 17.7 Å². The van der Waals surface area contributed by atoms with Gasteiger partial charge in [0.15, 0.2) is 0 Å². The second kappa shape index (κ2) is 7.47. The minimum atomic E-state index is -0.00767. The first-order valence-corrected chi connectivity index (χ1v) is 9.11. The lowest BCUT2D eigenvalue weighted by Gasteiger charge is -2.26. The zero-order valence-corrected chi connectivity index (χ0v) is 14.9. The lowest BCUT2D eigenvalue weighted by atomic mass is 9.96. The first-order chi connectivity index (χ1) is 10.4. The number of thioether (sulfide) groups is 1. The molecule has 1 atom stereocenters. The van der Waals surface area contributed by atoms with Gasteiger partial charge in [-0.3, -0.25) is 4.79 Å². The number of aromatic nitrogens is 1. The SMILES string of the molecule is CSc1ncccc1C(=O)NC[C@H]1CCN(CC(C)(C)C)C1. The Labute approximate surface area is 138 Å². The number of nitrogens with one attached hydrogen (secondary N) is 1. The number of amides is 1. The number of hydrogen-bond donors (Lipinski definition) is 1. The van der Waals surface area contributed by atoms with Gasteiger partial charge in [-0.2, -0.15) is 0 Å². The van der Waals surface area contributed by atoms with Crippen LogP contribution >= 0.6 is 11.8 Å². The maximum absolute atomic E-state index is 12.3. The zero-order valence-electron chi connectivity index (χ0n) is 14.1. The third kappa shape index (κ3) is 4.99. The van der Waals surface area contributed by atoms with Crippen molar-refractivity contribution in [2.75, 3.05) is 32.4 Å². The maximum Gasteiger partial charge on any atom is 0.254 e. The standard InChI is InChI=1S/C17H27N3OS/c1-17(2,3)12-20-9-7-13(11-20)10-19-15(21)14-6-5-8-18-16(14)22-4/h5-6,8,13H,7,9-12H2,1-4H3,(H,19,21)/t13-/m1/s1. The lowest BCUT2D eigenvalue weighted by molar-refractivity contribution is 0.0943. The molecule has 1 fully saturated rings. The molecule has 5 heteroatoms. The molecule has 0 spiro atoms. The molecule has 1 aromatic heterocycles. The Balaban J connectivity index is 1.82. The number of hydrogen-bond acceptors (Lipinski definition) is 4. The molecule has 1 amide bonds. The van der Waals surface area contributed by atoms with Crippen molar-refractivity contribution < 1.29 is 4.79 Å². The van der Waals surface area contributed by atoms with E-state index in [0.717, 1.165) is 31.2 Å². The molecule has 0 unspecified atom stereocenters. The van der Waals surface area contributed by atoms with Crippen LogP contribution in [-0.4, -0.2) is 48.2 Å². The van der Waals surface area contributed by atoms with Gasteiger partial charge >= 0.3 is 0 Å². The van der Waals surface area contributed by atoms with Crippen LogP contribution in [0.4, 0.5) is 0 Å². The molecule has 2 heterocycles. The average molecular weight is 321 g/mol. The van der Waals surface area contributed by atoms with Crippen LogP contribution in [0.5, 0.6) is 0 Å². The number of nitrogens with zero attached hydrogens (tertiary/aromatic N) is 2. The second-order valence-electron chi connectivity index (χ2n) is 7.22. The number of pyridine rings is 1. The summed E-state index contributed by atoms with van der Waals surface area (Å²) < 4.78 is 0. The van der Waals surface area contributed by atoms with Gasteiger partial charge in [0.2, 0.25) is 0 Å². The van der Waals surface area contributed by atoms with Gasteiger partial charge in [0.1, 0.15) is 5.03 Å². The van der Waals surface area contributed by atoms with Crippen molar-refractivity contribution in [1.29, 1.82) is 0 Å². The predicted molar refractivity (Wildman–Crippen MR) is 92.4 cm³/mol. The van der Waals surface area contributed by atoms with E-state index in [1.54, 1.807) is 6.20 Å². The maximum atomic E-state index is 12.3. The molecule has 2 rings (SSSR count). The number of rotatable bonds is 5. The fraction of sp³-hybridized carbons (Fsp3) is 0.647. The monoisotopic (exact) mass is 321 g/mol. The summed E-state index contributed by atoms with van der Waals surface area (Å²) >= 11 is 1.51. The molecule has 0 aliphatic carbocycles. The summed E-state index contributed by atoms with van der Waals surface area (Å²) in [4.78, 5) is 19.1. The Morgan fingerprint density at radius 3 is 2.95 bits per heavy atom. The molecule has 1 aliphatic heterocycles. The molecule has 122 valence electrons. The molecule has 0 bridgehead atoms. The van der Waals surface area contributed by atoms with Crippen LogP contribution in [-0.2, 0) is 0 Å². The molecule has 1 aromatic rings. The number of likely N-dealkylation sites (tertiary alicyclic amines) is 1. The van der Waals surface area contributed by atoms with Gasteiger partial charge in [0.05, 0.1) is 5.56 Å². The van der Waals surface area contributed by atoms with E-state index in [4.69, 9.17) is 0 Å². The van der Waals surface area contributed by atoms with Crippen molar-refractivity contribution in [3.8, 4) is 0 Å². The summed E-state index contributed by atoms with van der Waals surface area (Å²) in [6.45, 7) is 10.9.